The summed E-state index contributed by atoms with van der Waals surface area (Å²) >= 11 is 0. The van der Waals surface area contributed by atoms with Crippen LogP contribution >= 0.6 is 0 Å². The fourth-order valence-electron chi connectivity index (χ4n) is 2.28. The first kappa shape index (κ1) is 29.0. The van der Waals surface area contributed by atoms with Gasteiger partial charge >= 0.3 is 29.8 Å². The molecule has 4 atom stereocenters. The van der Waals surface area contributed by atoms with Gasteiger partial charge < -0.3 is 23.7 Å². The van der Waals surface area contributed by atoms with Crippen molar-refractivity contribution >= 4 is 36.1 Å². The number of hydrogen-bond donors (Lipinski definition) is 0. The molecule has 0 radical (unpaired) electrons. The van der Waals surface area contributed by atoms with E-state index in [1.54, 1.807) is 6.92 Å². The Morgan fingerprint density at radius 3 is 1.44 bits per heavy atom. The molecule has 0 rings (SSSR count). The Bertz CT molecular complexity index is 658. The highest BCUT2D eigenvalue weighted by atomic mass is 16.6. The number of ether oxygens (including phenoxy) is 5. The van der Waals surface area contributed by atoms with Gasteiger partial charge in [-0.05, 0) is 0 Å². The summed E-state index contributed by atoms with van der Waals surface area (Å²) in [6.07, 6.45) is -6.48. The van der Waals surface area contributed by atoms with Gasteiger partial charge in [0.05, 0.1) is 0 Å². The summed E-state index contributed by atoms with van der Waals surface area (Å²) in [6.45, 7) is 6.97. The fraction of sp³-hybridized carbons (Fsp3) is 0.714. The zero-order valence-corrected chi connectivity index (χ0v) is 19.1. The molecule has 0 aromatic rings. The molecule has 11 nitrogen and oxygen atoms in total. The number of aldehydes is 1. The third-order valence-corrected chi connectivity index (χ3v) is 4.09. The standard InChI is InChI=1S/C21H32O11/c1-6-15(23)28-12-14(30-17(25)8-3)21(32-19(27)10-5)20(31-18(26)9-4)13(11-22)29-16(24)7-2/h11,13-14,20-21H,6-10,12H2,1-5H3/t13-,14-,20-,21-/m1/s1. The molecule has 32 heavy (non-hydrogen) atoms. The van der Waals surface area contributed by atoms with Crippen LogP contribution in [-0.2, 0) is 52.5 Å². The van der Waals surface area contributed by atoms with E-state index in [2.05, 4.69) is 0 Å². The Labute approximate surface area is 187 Å². The van der Waals surface area contributed by atoms with E-state index in [1.807, 2.05) is 0 Å². The fourth-order valence-corrected chi connectivity index (χ4v) is 2.28. The van der Waals surface area contributed by atoms with Gasteiger partial charge in [-0.3, -0.25) is 28.8 Å². The molecule has 0 N–H and O–H groups in total. The van der Waals surface area contributed by atoms with E-state index in [0.717, 1.165) is 0 Å². The van der Waals surface area contributed by atoms with Crippen LogP contribution in [0.5, 0.6) is 0 Å². The number of carbonyl (C=O) groups excluding carboxylic acids is 6. The van der Waals surface area contributed by atoms with E-state index in [4.69, 9.17) is 23.7 Å². The lowest BCUT2D eigenvalue weighted by molar-refractivity contribution is -0.203. The van der Waals surface area contributed by atoms with Gasteiger partial charge in [0, 0.05) is 32.1 Å². The van der Waals surface area contributed by atoms with Gasteiger partial charge in [-0.1, -0.05) is 34.6 Å². The molecule has 0 spiro atoms. The molecule has 0 bridgehead atoms. The lowest BCUT2D eigenvalue weighted by Crippen LogP contribution is -2.53. The molecule has 0 saturated heterocycles. The molecule has 0 aliphatic carbocycles. The van der Waals surface area contributed by atoms with Crippen molar-refractivity contribution in [2.75, 3.05) is 6.61 Å². The molecule has 0 aliphatic heterocycles. The largest absolute Gasteiger partial charge is 0.462 e. The lowest BCUT2D eigenvalue weighted by Gasteiger charge is -2.34. The Hall–Kier alpha value is -2.98. The van der Waals surface area contributed by atoms with E-state index >= 15 is 0 Å². The number of esters is 5. The average Bonchev–Trinajstić information content (AvgIpc) is 2.81. The first-order chi connectivity index (χ1) is 15.2. The zero-order chi connectivity index (χ0) is 24.7. The maximum absolute atomic E-state index is 12.1. The predicted octanol–water partition coefficient (Wildman–Crippen LogP) is 1.43. The molecule has 0 aromatic heterocycles. The van der Waals surface area contributed by atoms with Crippen LogP contribution in [0.4, 0.5) is 0 Å². The zero-order valence-electron chi connectivity index (χ0n) is 19.1. The molecule has 0 unspecified atom stereocenters. The van der Waals surface area contributed by atoms with Crippen LogP contribution < -0.4 is 0 Å². The second-order valence-electron chi connectivity index (χ2n) is 6.48. The highest BCUT2D eigenvalue weighted by molar-refractivity contribution is 5.74. The minimum Gasteiger partial charge on any atom is -0.462 e. The van der Waals surface area contributed by atoms with Crippen molar-refractivity contribution in [2.24, 2.45) is 0 Å². The molecular formula is C21H32O11. The highest BCUT2D eigenvalue weighted by Gasteiger charge is 2.44. The molecule has 11 heteroatoms. The van der Waals surface area contributed by atoms with Crippen LogP contribution in [0.1, 0.15) is 66.7 Å². The molecule has 0 fully saturated rings. The normalized spacial score (nSPS) is 14.2. The smallest absolute Gasteiger partial charge is 0.306 e. The topological polar surface area (TPSA) is 149 Å². The molecule has 0 aliphatic rings. The van der Waals surface area contributed by atoms with Crippen LogP contribution in [0.2, 0.25) is 0 Å². The third kappa shape index (κ3) is 10.4. The van der Waals surface area contributed by atoms with Crippen LogP contribution in [0.15, 0.2) is 0 Å². The number of carbonyl (C=O) groups is 6. The van der Waals surface area contributed by atoms with Gasteiger partial charge in [0.2, 0.25) is 0 Å². The van der Waals surface area contributed by atoms with E-state index in [1.165, 1.54) is 27.7 Å². The number of rotatable bonds is 15. The van der Waals surface area contributed by atoms with Crippen molar-refractivity contribution in [3.63, 3.8) is 0 Å². The molecule has 0 aromatic carbocycles. The summed E-state index contributed by atoms with van der Waals surface area (Å²) in [7, 11) is 0. The van der Waals surface area contributed by atoms with Gasteiger partial charge in [0.25, 0.3) is 0 Å². The highest BCUT2D eigenvalue weighted by Crippen LogP contribution is 2.21. The van der Waals surface area contributed by atoms with E-state index in [9.17, 15) is 28.8 Å². The van der Waals surface area contributed by atoms with Crippen LogP contribution in [0, 0.1) is 0 Å². The maximum Gasteiger partial charge on any atom is 0.306 e. The van der Waals surface area contributed by atoms with Crippen LogP contribution in [-0.4, -0.2) is 67.2 Å². The van der Waals surface area contributed by atoms with E-state index in [0.29, 0.717) is 0 Å². The SMILES string of the molecule is CCC(=O)OC[C@@H](OC(=O)CC)[C@@H](OC(=O)CC)[C@H](OC(=O)CC)[C@@H](C=O)OC(=O)CC. The molecule has 182 valence electrons. The van der Waals surface area contributed by atoms with Crippen LogP contribution in [0.3, 0.4) is 0 Å². The first-order valence-electron chi connectivity index (χ1n) is 10.6. The molecule has 0 heterocycles. The Balaban J connectivity index is 6.32. The molecular weight excluding hydrogens is 428 g/mol. The summed E-state index contributed by atoms with van der Waals surface area (Å²) < 4.78 is 26.0. The second kappa shape index (κ2) is 15.8. The predicted molar refractivity (Wildman–Crippen MR) is 108 cm³/mol. The first-order valence-corrected chi connectivity index (χ1v) is 10.6. The average molecular weight is 460 g/mol. The summed E-state index contributed by atoms with van der Waals surface area (Å²) in [5.41, 5.74) is 0. The monoisotopic (exact) mass is 460 g/mol. The van der Waals surface area contributed by atoms with E-state index in [-0.39, 0.29) is 38.4 Å². The van der Waals surface area contributed by atoms with Gasteiger partial charge in [-0.25, -0.2) is 0 Å². The van der Waals surface area contributed by atoms with Gasteiger partial charge in [0.1, 0.15) is 6.61 Å². The van der Waals surface area contributed by atoms with Crippen molar-refractivity contribution in [1.82, 2.24) is 0 Å². The van der Waals surface area contributed by atoms with Crippen molar-refractivity contribution in [1.29, 1.82) is 0 Å². The van der Waals surface area contributed by atoms with E-state index < -0.39 is 60.9 Å². The minimum absolute atomic E-state index is 0.0210. The number of hydrogen-bond acceptors (Lipinski definition) is 11. The minimum atomic E-state index is -1.67. The summed E-state index contributed by atoms with van der Waals surface area (Å²) in [5.74, 6) is -3.71. The summed E-state index contributed by atoms with van der Waals surface area (Å²) in [5, 5.41) is 0. The second-order valence-corrected chi connectivity index (χ2v) is 6.48. The third-order valence-electron chi connectivity index (χ3n) is 4.09. The quantitative estimate of drug-likeness (QED) is 0.198. The molecule has 0 saturated carbocycles. The van der Waals surface area contributed by atoms with Crippen molar-refractivity contribution in [2.45, 2.75) is 91.1 Å². The Kier molecular flexibility index (Phi) is 14.3. The Morgan fingerprint density at radius 2 is 1.00 bits per heavy atom. The Morgan fingerprint density at radius 1 is 0.594 bits per heavy atom. The van der Waals surface area contributed by atoms with Crippen molar-refractivity contribution in [3.8, 4) is 0 Å². The van der Waals surface area contributed by atoms with Gasteiger partial charge in [-0.15, -0.1) is 0 Å². The van der Waals surface area contributed by atoms with Gasteiger partial charge in [-0.2, -0.15) is 0 Å². The van der Waals surface area contributed by atoms with Gasteiger partial charge in [0.15, 0.2) is 30.7 Å². The summed E-state index contributed by atoms with van der Waals surface area (Å²) in [4.78, 5) is 71.4. The maximum atomic E-state index is 12.1. The van der Waals surface area contributed by atoms with Crippen LogP contribution in [0.25, 0.3) is 0 Å². The van der Waals surface area contributed by atoms with Crippen molar-refractivity contribution in [3.05, 3.63) is 0 Å². The summed E-state index contributed by atoms with van der Waals surface area (Å²) in [6, 6.07) is 0. The van der Waals surface area contributed by atoms with Crippen molar-refractivity contribution < 1.29 is 52.5 Å². The molecule has 0 amide bonds. The lowest BCUT2D eigenvalue weighted by atomic mass is 10.0.